The number of hydrogen-bond acceptors (Lipinski definition) is 6. The zero-order chi connectivity index (χ0) is 20.4. The van der Waals surface area contributed by atoms with E-state index < -0.39 is 34.5 Å². The molecule has 1 aliphatic rings. The summed E-state index contributed by atoms with van der Waals surface area (Å²) in [6.45, 7) is 1.42. The second kappa shape index (κ2) is 7.77. The molecule has 2 amide bonds. The molecule has 3 rings (SSSR count). The van der Waals surface area contributed by atoms with E-state index >= 15 is 0 Å². The van der Waals surface area contributed by atoms with Crippen LogP contribution in [-0.2, 0) is 9.53 Å². The predicted molar refractivity (Wildman–Crippen MR) is 99.0 cm³/mol. The molecule has 2 aromatic rings. The molecule has 9 heteroatoms. The first-order valence-electron chi connectivity index (χ1n) is 8.38. The number of amides is 2. The summed E-state index contributed by atoms with van der Waals surface area (Å²) in [5, 5.41) is 11.6. The lowest BCUT2D eigenvalue weighted by atomic mass is 10.1. The Hall–Kier alpha value is -3.26. The van der Waals surface area contributed by atoms with Crippen molar-refractivity contribution in [2.75, 3.05) is 6.54 Å². The van der Waals surface area contributed by atoms with Gasteiger partial charge in [-0.05, 0) is 19.1 Å². The molecule has 1 heterocycles. The third-order valence-corrected chi connectivity index (χ3v) is 4.71. The van der Waals surface area contributed by atoms with Gasteiger partial charge in [-0.25, -0.2) is 0 Å². The number of benzene rings is 2. The number of imide groups is 1. The lowest BCUT2D eigenvalue weighted by Gasteiger charge is -2.17. The summed E-state index contributed by atoms with van der Waals surface area (Å²) in [5.74, 6) is -2.09. The van der Waals surface area contributed by atoms with E-state index in [0.29, 0.717) is 10.6 Å². The minimum absolute atomic E-state index is 0.0444. The number of nitro benzene ring substituents is 1. The lowest BCUT2D eigenvalue weighted by Crippen LogP contribution is -2.32. The van der Waals surface area contributed by atoms with Crippen LogP contribution in [0.25, 0.3) is 0 Å². The Bertz CT molecular complexity index is 990. The van der Waals surface area contributed by atoms with Crippen molar-refractivity contribution in [2.45, 2.75) is 19.4 Å². The van der Waals surface area contributed by atoms with E-state index in [-0.39, 0.29) is 24.1 Å². The zero-order valence-corrected chi connectivity index (χ0v) is 15.5. The Balaban J connectivity index is 1.67. The third-order valence-electron chi connectivity index (χ3n) is 4.36. The summed E-state index contributed by atoms with van der Waals surface area (Å²) in [5.41, 5.74) is -0.102. The third kappa shape index (κ3) is 3.59. The number of rotatable bonds is 6. The first-order valence-corrected chi connectivity index (χ1v) is 8.76. The monoisotopic (exact) mass is 402 g/mol. The SMILES string of the molecule is C[C@H](OC(=O)CCN1C(=O)c2cccc([N+](=O)[O-])c2C1=O)c1ccccc1Cl. The van der Waals surface area contributed by atoms with Gasteiger partial charge in [-0.3, -0.25) is 29.4 Å². The van der Waals surface area contributed by atoms with E-state index in [2.05, 4.69) is 0 Å². The summed E-state index contributed by atoms with van der Waals surface area (Å²) < 4.78 is 5.31. The molecule has 1 atom stereocenters. The van der Waals surface area contributed by atoms with Gasteiger partial charge < -0.3 is 4.74 Å². The van der Waals surface area contributed by atoms with Crippen LogP contribution in [0.15, 0.2) is 42.5 Å². The van der Waals surface area contributed by atoms with Crippen LogP contribution in [-0.4, -0.2) is 34.2 Å². The normalized spacial score (nSPS) is 14.0. The van der Waals surface area contributed by atoms with E-state index in [4.69, 9.17) is 16.3 Å². The molecule has 0 N–H and O–H groups in total. The summed E-state index contributed by atoms with van der Waals surface area (Å²) in [6.07, 6.45) is -0.849. The molecule has 1 aliphatic heterocycles. The molecule has 0 spiro atoms. The van der Waals surface area contributed by atoms with E-state index in [0.717, 1.165) is 11.0 Å². The summed E-state index contributed by atoms with van der Waals surface area (Å²) in [4.78, 5) is 48.2. The van der Waals surface area contributed by atoms with Crippen LogP contribution in [0.1, 0.15) is 45.7 Å². The van der Waals surface area contributed by atoms with Gasteiger partial charge in [0.15, 0.2) is 0 Å². The second-order valence-corrected chi connectivity index (χ2v) is 6.53. The van der Waals surface area contributed by atoms with Gasteiger partial charge in [0.1, 0.15) is 11.7 Å². The van der Waals surface area contributed by atoms with Crippen LogP contribution in [0.4, 0.5) is 5.69 Å². The standard InChI is InChI=1S/C19H15ClN2O6/c1-11(12-5-2-3-7-14(12)20)28-16(23)9-10-21-18(24)13-6-4-8-15(22(26)27)17(13)19(21)25/h2-8,11H,9-10H2,1H3/t11-/m0/s1. The highest BCUT2D eigenvalue weighted by atomic mass is 35.5. The number of esters is 1. The summed E-state index contributed by atoms with van der Waals surface area (Å²) >= 11 is 6.07. The maximum atomic E-state index is 12.5. The first kappa shape index (κ1) is 19.5. The predicted octanol–water partition coefficient (Wildman–Crippen LogP) is 3.54. The number of hydrogen-bond donors (Lipinski definition) is 0. The molecule has 0 bridgehead atoms. The summed E-state index contributed by atoms with van der Waals surface area (Å²) in [7, 11) is 0. The molecule has 0 saturated heterocycles. The second-order valence-electron chi connectivity index (χ2n) is 6.12. The number of halogens is 1. The van der Waals surface area contributed by atoms with Gasteiger partial charge in [0.2, 0.25) is 0 Å². The van der Waals surface area contributed by atoms with Crippen molar-refractivity contribution in [2.24, 2.45) is 0 Å². The Labute approximate surface area is 164 Å². The van der Waals surface area contributed by atoms with Crippen LogP contribution < -0.4 is 0 Å². The van der Waals surface area contributed by atoms with Crippen molar-refractivity contribution in [1.82, 2.24) is 4.90 Å². The van der Waals surface area contributed by atoms with E-state index in [1.165, 1.54) is 12.1 Å². The number of nitro groups is 1. The summed E-state index contributed by atoms with van der Waals surface area (Å²) in [6, 6.07) is 10.8. The molecule has 0 saturated carbocycles. The molecule has 0 unspecified atom stereocenters. The number of fused-ring (bicyclic) bond motifs is 1. The molecular weight excluding hydrogens is 388 g/mol. The highest BCUT2D eigenvalue weighted by Gasteiger charge is 2.40. The van der Waals surface area contributed by atoms with Gasteiger partial charge in [0.05, 0.1) is 16.9 Å². The van der Waals surface area contributed by atoms with Crippen LogP contribution in [0.2, 0.25) is 5.02 Å². The Morgan fingerprint density at radius 3 is 2.57 bits per heavy atom. The van der Waals surface area contributed by atoms with Crippen LogP contribution >= 0.6 is 11.6 Å². The van der Waals surface area contributed by atoms with Crippen LogP contribution in [0, 0.1) is 10.1 Å². The number of nitrogens with zero attached hydrogens (tertiary/aromatic N) is 2. The van der Waals surface area contributed by atoms with Crippen molar-refractivity contribution in [1.29, 1.82) is 0 Å². The molecule has 8 nitrogen and oxygen atoms in total. The number of carbonyl (C=O) groups excluding carboxylic acids is 3. The minimum Gasteiger partial charge on any atom is -0.458 e. The fourth-order valence-electron chi connectivity index (χ4n) is 3.00. The number of carbonyl (C=O) groups is 3. The average Bonchev–Trinajstić information content (AvgIpc) is 2.90. The molecule has 28 heavy (non-hydrogen) atoms. The van der Waals surface area contributed by atoms with Gasteiger partial charge in [-0.15, -0.1) is 0 Å². The van der Waals surface area contributed by atoms with Crippen molar-refractivity contribution >= 4 is 35.1 Å². The van der Waals surface area contributed by atoms with Crippen LogP contribution in [0.5, 0.6) is 0 Å². The van der Waals surface area contributed by atoms with Gasteiger partial charge in [-0.2, -0.15) is 0 Å². The lowest BCUT2D eigenvalue weighted by molar-refractivity contribution is -0.385. The van der Waals surface area contributed by atoms with Crippen LogP contribution in [0.3, 0.4) is 0 Å². The Morgan fingerprint density at radius 1 is 1.18 bits per heavy atom. The fraction of sp³-hybridized carbons (Fsp3) is 0.211. The maximum absolute atomic E-state index is 12.5. The zero-order valence-electron chi connectivity index (χ0n) is 14.8. The molecule has 0 fully saturated rings. The smallest absolute Gasteiger partial charge is 0.308 e. The minimum atomic E-state index is -0.792. The van der Waals surface area contributed by atoms with E-state index in [9.17, 15) is 24.5 Å². The topological polar surface area (TPSA) is 107 Å². The Kier molecular flexibility index (Phi) is 5.41. The molecule has 0 radical (unpaired) electrons. The quantitative estimate of drug-likeness (QED) is 0.316. The highest BCUT2D eigenvalue weighted by Crippen LogP contribution is 2.31. The van der Waals surface area contributed by atoms with Gasteiger partial charge in [0.25, 0.3) is 17.5 Å². The molecule has 0 aromatic heterocycles. The molecule has 2 aromatic carbocycles. The fourth-order valence-corrected chi connectivity index (χ4v) is 3.29. The van der Waals surface area contributed by atoms with Gasteiger partial charge >= 0.3 is 5.97 Å². The van der Waals surface area contributed by atoms with E-state index in [1.807, 2.05) is 0 Å². The van der Waals surface area contributed by atoms with Gasteiger partial charge in [0, 0.05) is 23.2 Å². The van der Waals surface area contributed by atoms with Gasteiger partial charge in [-0.1, -0.05) is 35.9 Å². The average molecular weight is 403 g/mol. The highest BCUT2D eigenvalue weighted by molar-refractivity contribution is 6.31. The molecule has 0 aliphatic carbocycles. The largest absolute Gasteiger partial charge is 0.458 e. The first-order chi connectivity index (χ1) is 13.3. The van der Waals surface area contributed by atoms with Crippen molar-refractivity contribution in [3.8, 4) is 0 Å². The molecular formula is C19H15ClN2O6. The van der Waals surface area contributed by atoms with Crippen molar-refractivity contribution in [3.05, 3.63) is 74.3 Å². The molecule has 144 valence electrons. The maximum Gasteiger partial charge on any atom is 0.308 e. The van der Waals surface area contributed by atoms with Crippen molar-refractivity contribution in [3.63, 3.8) is 0 Å². The van der Waals surface area contributed by atoms with Crippen molar-refractivity contribution < 1.29 is 24.0 Å². The number of ether oxygens (including phenoxy) is 1. The Morgan fingerprint density at radius 2 is 1.89 bits per heavy atom. The van der Waals surface area contributed by atoms with E-state index in [1.54, 1.807) is 31.2 Å².